The molecule has 4 heterocycles. The van der Waals surface area contributed by atoms with Crippen LogP contribution in [0.5, 0.6) is 0 Å². The Morgan fingerprint density at radius 2 is 1.88 bits per heavy atom. The molecule has 42 heavy (non-hydrogen) atoms. The Hall–Kier alpha value is -4.36. The van der Waals surface area contributed by atoms with Gasteiger partial charge in [0.15, 0.2) is 5.82 Å². The van der Waals surface area contributed by atoms with E-state index in [2.05, 4.69) is 25.7 Å². The second-order valence-electron chi connectivity index (χ2n) is 9.94. The van der Waals surface area contributed by atoms with Crippen molar-refractivity contribution in [1.82, 2.24) is 29.5 Å². The van der Waals surface area contributed by atoms with Crippen LogP contribution in [0.4, 0.5) is 24.5 Å². The summed E-state index contributed by atoms with van der Waals surface area (Å²) in [5, 5.41) is 11.1. The molecule has 3 aromatic heterocycles. The Bertz CT molecular complexity index is 1840. The van der Waals surface area contributed by atoms with Gasteiger partial charge in [0.05, 0.1) is 27.7 Å². The first kappa shape index (κ1) is 27.8. The van der Waals surface area contributed by atoms with Crippen molar-refractivity contribution in [3.05, 3.63) is 75.2 Å². The van der Waals surface area contributed by atoms with Gasteiger partial charge in [-0.2, -0.15) is 22.7 Å². The number of fused-ring (bicyclic) bond motifs is 2. The number of H-pyrrole nitrogens is 1. The number of hydrogen-bond donors (Lipinski definition) is 3. The van der Waals surface area contributed by atoms with Gasteiger partial charge in [0.2, 0.25) is 11.7 Å². The summed E-state index contributed by atoms with van der Waals surface area (Å²) in [5.41, 5.74) is 1.28. The number of aromatic amines is 1. The van der Waals surface area contributed by atoms with Crippen LogP contribution in [0.15, 0.2) is 53.3 Å². The number of benzene rings is 2. The monoisotopic (exact) mass is 598 g/mol. The molecule has 1 aliphatic heterocycles. The zero-order valence-electron chi connectivity index (χ0n) is 22.4. The van der Waals surface area contributed by atoms with Crippen molar-refractivity contribution in [3.63, 3.8) is 0 Å². The van der Waals surface area contributed by atoms with Crippen LogP contribution >= 0.6 is 11.6 Å². The molecule has 14 heteroatoms. The van der Waals surface area contributed by atoms with Crippen LogP contribution < -0.4 is 21.1 Å². The standard InChI is InChI=1S/C28H26ClF3N8O2/c1-2-22-24(38-11-9-33-10-12-38)26(42)40-27(36-25(37-40)21-13-16-5-3-4-6-19(16)34-21)39(22)15-23(41)35-20-8-7-17(14-18(20)29)28(30,31)32/h3-8,13-14,33-34H,2,9-12,15H2,1H3,(H,35,41). The Morgan fingerprint density at radius 1 is 1.12 bits per heavy atom. The summed E-state index contributed by atoms with van der Waals surface area (Å²) in [6, 6.07) is 12.3. The molecule has 1 amide bonds. The van der Waals surface area contributed by atoms with Crippen molar-refractivity contribution >= 4 is 45.6 Å². The lowest BCUT2D eigenvalue weighted by molar-refractivity contribution is -0.137. The van der Waals surface area contributed by atoms with Crippen molar-refractivity contribution < 1.29 is 18.0 Å². The SMILES string of the molecule is CCc1c(N2CCNCC2)c(=O)n2nc(-c3cc4ccccc4[nH]3)nc2n1CC(=O)Nc1ccc(C(F)(F)F)cc1Cl. The fraction of sp³-hybridized carbons (Fsp3) is 0.286. The molecule has 0 aliphatic carbocycles. The maximum atomic E-state index is 13.9. The second kappa shape index (κ2) is 10.8. The summed E-state index contributed by atoms with van der Waals surface area (Å²) in [7, 11) is 0. The van der Waals surface area contributed by atoms with Gasteiger partial charge in [0.1, 0.15) is 12.2 Å². The van der Waals surface area contributed by atoms with Gasteiger partial charge in [-0.25, -0.2) is 0 Å². The minimum atomic E-state index is -4.57. The predicted molar refractivity (Wildman–Crippen MR) is 154 cm³/mol. The fourth-order valence-electron chi connectivity index (χ4n) is 5.25. The van der Waals surface area contributed by atoms with Crippen molar-refractivity contribution in [2.75, 3.05) is 36.4 Å². The van der Waals surface area contributed by atoms with Crippen LogP contribution in [0.25, 0.3) is 28.2 Å². The number of piperazine rings is 1. The smallest absolute Gasteiger partial charge is 0.363 e. The number of amides is 1. The van der Waals surface area contributed by atoms with Crippen molar-refractivity contribution in [2.45, 2.75) is 26.1 Å². The van der Waals surface area contributed by atoms with Crippen molar-refractivity contribution in [2.24, 2.45) is 0 Å². The minimum Gasteiger partial charge on any atom is -0.363 e. The summed E-state index contributed by atoms with van der Waals surface area (Å²) >= 11 is 6.08. The molecule has 6 rings (SSSR count). The molecule has 1 aliphatic rings. The number of alkyl halides is 3. The number of halogens is 4. The van der Waals surface area contributed by atoms with Crippen LogP contribution in [0.1, 0.15) is 18.2 Å². The van der Waals surface area contributed by atoms with Gasteiger partial charge in [-0.3, -0.25) is 9.59 Å². The first-order valence-electron chi connectivity index (χ1n) is 13.4. The van der Waals surface area contributed by atoms with Crippen LogP contribution in [-0.4, -0.2) is 56.2 Å². The molecule has 0 saturated carbocycles. The molecule has 0 unspecified atom stereocenters. The number of carbonyl (C=O) groups excluding carboxylic acids is 1. The maximum absolute atomic E-state index is 13.9. The van der Waals surface area contributed by atoms with E-state index in [1.807, 2.05) is 42.2 Å². The summed E-state index contributed by atoms with van der Waals surface area (Å²) in [6.45, 7) is 4.15. The third-order valence-corrected chi connectivity index (χ3v) is 7.55. The van der Waals surface area contributed by atoms with Gasteiger partial charge in [-0.15, -0.1) is 5.10 Å². The highest BCUT2D eigenvalue weighted by molar-refractivity contribution is 6.33. The summed E-state index contributed by atoms with van der Waals surface area (Å²) in [6.07, 6.45) is -4.16. The number of para-hydroxylation sites is 1. The molecular formula is C28H26ClF3N8O2. The Morgan fingerprint density at radius 3 is 2.57 bits per heavy atom. The van der Waals surface area contributed by atoms with Gasteiger partial charge < -0.3 is 25.1 Å². The van der Waals surface area contributed by atoms with E-state index in [-0.39, 0.29) is 34.4 Å². The molecule has 1 fully saturated rings. The van der Waals surface area contributed by atoms with E-state index in [1.54, 1.807) is 4.57 Å². The predicted octanol–water partition coefficient (Wildman–Crippen LogP) is 4.32. The quantitative estimate of drug-likeness (QED) is 0.268. The largest absolute Gasteiger partial charge is 0.416 e. The molecule has 5 aromatic rings. The van der Waals surface area contributed by atoms with E-state index in [1.165, 1.54) is 4.52 Å². The fourth-order valence-corrected chi connectivity index (χ4v) is 5.48. The lowest BCUT2D eigenvalue weighted by Crippen LogP contribution is -2.47. The zero-order valence-corrected chi connectivity index (χ0v) is 23.2. The zero-order chi connectivity index (χ0) is 29.6. The van der Waals surface area contributed by atoms with Gasteiger partial charge in [0.25, 0.3) is 5.56 Å². The maximum Gasteiger partial charge on any atom is 0.416 e. The average Bonchev–Trinajstić information content (AvgIpc) is 3.60. The van der Waals surface area contributed by atoms with Crippen LogP contribution in [0.3, 0.4) is 0 Å². The molecule has 0 atom stereocenters. The summed E-state index contributed by atoms with van der Waals surface area (Å²) < 4.78 is 42.1. The topological polar surface area (TPSA) is 112 Å². The molecule has 2 aromatic carbocycles. The molecule has 0 radical (unpaired) electrons. The Kier molecular flexibility index (Phi) is 7.15. The van der Waals surface area contributed by atoms with E-state index in [4.69, 9.17) is 11.6 Å². The molecule has 0 spiro atoms. The number of rotatable bonds is 6. The Balaban J connectivity index is 1.44. The summed E-state index contributed by atoms with van der Waals surface area (Å²) in [5.74, 6) is -0.112. The minimum absolute atomic E-state index is 0.0346. The molecule has 10 nitrogen and oxygen atoms in total. The van der Waals surface area contributed by atoms with E-state index < -0.39 is 17.6 Å². The lowest BCUT2D eigenvalue weighted by Gasteiger charge is -2.31. The molecule has 218 valence electrons. The highest BCUT2D eigenvalue weighted by Gasteiger charge is 2.31. The van der Waals surface area contributed by atoms with Crippen LogP contribution in [-0.2, 0) is 23.9 Å². The van der Waals surface area contributed by atoms with E-state index >= 15 is 0 Å². The molecule has 0 bridgehead atoms. The molecule has 3 N–H and O–H groups in total. The first-order valence-corrected chi connectivity index (χ1v) is 13.7. The number of nitrogens with one attached hydrogen (secondary N) is 3. The average molecular weight is 599 g/mol. The second-order valence-corrected chi connectivity index (χ2v) is 10.3. The van der Waals surface area contributed by atoms with Gasteiger partial charge in [-0.05, 0) is 36.8 Å². The molecular weight excluding hydrogens is 573 g/mol. The van der Waals surface area contributed by atoms with E-state index in [9.17, 15) is 22.8 Å². The van der Waals surface area contributed by atoms with Gasteiger partial charge in [-0.1, -0.05) is 36.7 Å². The van der Waals surface area contributed by atoms with E-state index in [0.717, 1.165) is 29.1 Å². The van der Waals surface area contributed by atoms with Crippen LogP contribution in [0.2, 0.25) is 5.02 Å². The summed E-state index contributed by atoms with van der Waals surface area (Å²) in [4.78, 5) is 37.1. The van der Waals surface area contributed by atoms with Crippen LogP contribution in [0, 0.1) is 0 Å². The van der Waals surface area contributed by atoms with Crippen molar-refractivity contribution in [3.8, 4) is 11.5 Å². The van der Waals surface area contributed by atoms with Gasteiger partial charge >= 0.3 is 6.18 Å². The van der Waals surface area contributed by atoms with E-state index in [0.29, 0.717) is 49.7 Å². The first-order chi connectivity index (χ1) is 20.1. The highest BCUT2D eigenvalue weighted by atomic mass is 35.5. The third-order valence-electron chi connectivity index (χ3n) is 7.24. The number of hydrogen-bond acceptors (Lipinski definition) is 6. The van der Waals surface area contributed by atoms with Gasteiger partial charge in [0, 0.05) is 37.1 Å². The third kappa shape index (κ3) is 5.09. The Labute approximate surface area is 242 Å². The molecule has 1 saturated heterocycles. The number of aromatic nitrogens is 5. The number of anilines is 2. The van der Waals surface area contributed by atoms with Crippen molar-refractivity contribution in [1.29, 1.82) is 0 Å². The highest BCUT2D eigenvalue weighted by Crippen LogP contribution is 2.34. The number of nitrogens with zero attached hydrogens (tertiary/aromatic N) is 5. The number of carbonyl (C=O) groups is 1. The normalized spacial score (nSPS) is 14.2. The lowest BCUT2D eigenvalue weighted by atomic mass is 10.2.